The first kappa shape index (κ1) is 14.6. The van der Waals surface area contributed by atoms with E-state index >= 15 is 0 Å². The van der Waals surface area contributed by atoms with Crippen molar-refractivity contribution < 1.29 is 0 Å². The van der Waals surface area contributed by atoms with Crippen LogP contribution in [-0.2, 0) is 6.42 Å². The lowest BCUT2D eigenvalue weighted by atomic mass is 9.79. The van der Waals surface area contributed by atoms with Crippen molar-refractivity contribution in [1.82, 2.24) is 5.32 Å². The van der Waals surface area contributed by atoms with Crippen LogP contribution in [0.5, 0.6) is 0 Å². The molecule has 1 unspecified atom stereocenters. The summed E-state index contributed by atoms with van der Waals surface area (Å²) in [6, 6.07) is 7.65. The minimum Gasteiger partial charge on any atom is -0.314 e. The Morgan fingerprint density at radius 3 is 2.37 bits per heavy atom. The number of aryl methyl sites for hydroxylation is 2. The van der Waals surface area contributed by atoms with Gasteiger partial charge in [-0.25, -0.2) is 0 Å². The first-order valence-electron chi connectivity index (χ1n) is 7.98. The minimum atomic E-state index is 0.673. The maximum absolute atomic E-state index is 3.76. The Balaban J connectivity index is 1.96. The predicted molar refractivity (Wildman–Crippen MR) is 83.7 cm³/mol. The summed E-state index contributed by atoms with van der Waals surface area (Å²) in [4.78, 5) is 0. The molecule has 0 spiro atoms. The standard InChI is InChI=1S/C18H29N/c1-4-8-19-18(12-16-6-5-7-16)13-17-10-14(2)9-15(3)11-17/h9-11,16,18-19H,4-8,12-13H2,1-3H3. The van der Waals surface area contributed by atoms with Crippen molar-refractivity contribution in [3.8, 4) is 0 Å². The van der Waals surface area contributed by atoms with E-state index in [-0.39, 0.29) is 0 Å². The van der Waals surface area contributed by atoms with Crippen LogP contribution in [0.15, 0.2) is 18.2 Å². The van der Waals surface area contributed by atoms with E-state index in [1.165, 1.54) is 55.2 Å². The smallest absolute Gasteiger partial charge is 0.0110 e. The monoisotopic (exact) mass is 259 g/mol. The molecule has 19 heavy (non-hydrogen) atoms. The predicted octanol–water partition coefficient (Wildman–Crippen LogP) is 4.40. The van der Waals surface area contributed by atoms with E-state index in [0.29, 0.717) is 6.04 Å². The van der Waals surface area contributed by atoms with E-state index in [4.69, 9.17) is 0 Å². The molecule has 1 aliphatic rings. The second-order valence-corrected chi connectivity index (χ2v) is 6.38. The molecule has 0 bridgehead atoms. The van der Waals surface area contributed by atoms with Crippen molar-refractivity contribution in [2.75, 3.05) is 6.54 Å². The van der Waals surface area contributed by atoms with Crippen LogP contribution in [0.4, 0.5) is 0 Å². The van der Waals surface area contributed by atoms with Gasteiger partial charge >= 0.3 is 0 Å². The fraction of sp³-hybridized carbons (Fsp3) is 0.667. The van der Waals surface area contributed by atoms with E-state index < -0.39 is 0 Å². The molecule has 0 heterocycles. The number of hydrogen-bond acceptors (Lipinski definition) is 1. The van der Waals surface area contributed by atoms with Crippen LogP contribution in [0.1, 0.15) is 55.7 Å². The molecule has 1 saturated carbocycles. The summed E-state index contributed by atoms with van der Waals surface area (Å²) >= 11 is 0. The second-order valence-electron chi connectivity index (χ2n) is 6.38. The van der Waals surface area contributed by atoms with Crippen LogP contribution in [0, 0.1) is 19.8 Å². The third kappa shape index (κ3) is 4.65. The Bertz CT molecular complexity index is 372. The van der Waals surface area contributed by atoms with Gasteiger partial charge in [0.1, 0.15) is 0 Å². The molecule has 0 saturated heterocycles. The van der Waals surface area contributed by atoms with Gasteiger partial charge in [-0.05, 0) is 51.1 Å². The van der Waals surface area contributed by atoms with Crippen LogP contribution >= 0.6 is 0 Å². The highest BCUT2D eigenvalue weighted by Gasteiger charge is 2.22. The molecule has 1 aromatic rings. The van der Waals surface area contributed by atoms with Crippen LogP contribution < -0.4 is 5.32 Å². The molecular formula is C18H29N. The summed E-state index contributed by atoms with van der Waals surface area (Å²) in [5.74, 6) is 0.986. The van der Waals surface area contributed by atoms with Gasteiger partial charge in [0.05, 0.1) is 0 Å². The van der Waals surface area contributed by atoms with Crippen molar-refractivity contribution in [3.05, 3.63) is 34.9 Å². The summed E-state index contributed by atoms with van der Waals surface area (Å²) < 4.78 is 0. The molecule has 1 fully saturated rings. The Labute approximate surface area is 118 Å². The van der Waals surface area contributed by atoms with Gasteiger partial charge in [0.2, 0.25) is 0 Å². The van der Waals surface area contributed by atoms with Crippen molar-refractivity contribution in [3.63, 3.8) is 0 Å². The lowest BCUT2D eigenvalue weighted by molar-refractivity contribution is 0.259. The van der Waals surface area contributed by atoms with E-state index in [1.54, 1.807) is 0 Å². The van der Waals surface area contributed by atoms with Crippen molar-refractivity contribution >= 4 is 0 Å². The summed E-state index contributed by atoms with van der Waals surface area (Å²) in [7, 11) is 0. The minimum absolute atomic E-state index is 0.673. The van der Waals surface area contributed by atoms with Gasteiger partial charge in [0.25, 0.3) is 0 Å². The first-order valence-corrected chi connectivity index (χ1v) is 7.98. The highest BCUT2D eigenvalue weighted by molar-refractivity contribution is 5.29. The van der Waals surface area contributed by atoms with Gasteiger partial charge in [-0.1, -0.05) is 55.5 Å². The topological polar surface area (TPSA) is 12.0 Å². The maximum Gasteiger partial charge on any atom is 0.0110 e. The Morgan fingerprint density at radius 2 is 1.84 bits per heavy atom. The lowest BCUT2D eigenvalue weighted by Crippen LogP contribution is -2.35. The summed E-state index contributed by atoms with van der Waals surface area (Å²) in [5, 5.41) is 3.76. The van der Waals surface area contributed by atoms with Gasteiger partial charge < -0.3 is 5.32 Å². The zero-order chi connectivity index (χ0) is 13.7. The molecule has 1 atom stereocenters. The van der Waals surface area contributed by atoms with Gasteiger partial charge in [-0.3, -0.25) is 0 Å². The lowest BCUT2D eigenvalue weighted by Gasteiger charge is -2.30. The average molecular weight is 259 g/mol. The molecule has 0 amide bonds. The molecule has 106 valence electrons. The fourth-order valence-corrected chi connectivity index (χ4v) is 3.19. The third-order valence-electron chi connectivity index (χ3n) is 4.29. The Kier molecular flexibility index (Phi) is 5.45. The van der Waals surface area contributed by atoms with E-state index in [9.17, 15) is 0 Å². The van der Waals surface area contributed by atoms with Crippen molar-refractivity contribution in [1.29, 1.82) is 0 Å². The Morgan fingerprint density at radius 1 is 1.16 bits per heavy atom. The van der Waals surface area contributed by atoms with Crippen LogP contribution in [-0.4, -0.2) is 12.6 Å². The SMILES string of the molecule is CCCNC(Cc1cc(C)cc(C)c1)CC1CCC1. The largest absolute Gasteiger partial charge is 0.314 e. The quantitative estimate of drug-likeness (QED) is 0.765. The van der Waals surface area contributed by atoms with Gasteiger partial charge in [0, 0.05) is 6.04 Å². The molecule has 1 nitrogen and oxygen atoms in total. The zero-order valence-electron chi connectivity index (χ0n) is 12.8. The molecule has 1 aromatic carbocycles. The molecular weight excluding hydrogens is 230 g/mol. The number of nitrogens with one attached hydrogen (secondary N) is 1. The average Bonchev–Trinajstić information content (AvgIpc) is 2.29. The Hall–Kier alpha value is -0.820. The van der Waals surface area contributed by atoms with E-state index in [0.717, 1.165) is 12.5 Å². The van der Waals surface area contributed by atoms with Crippen LogP contribution in [0.25, 0.3) is 0 Å². The van der Waals surface area contributed by atoms with E-state index in [1.807, 2.05) is 0 Å². The van der Waals surface area contributed by atoms with Crippen molar-refractivity contribution in [2.24, 2.45) is 5.92 Å². The molecule has 0 aliphatic heterocycles. The number of benzene rings is 1. The van der Waals surface area contributed by atoms with E-state index in [2.05, 4.69) is 44.3 Å². The summed E-state index contributed by atoms with van der Waals surface area (Å²) in [6.07, 6.45) is 8.16. The molecule has 1 aliphatic carbocycles. The van der Waals surface area contributed by atoms with Crippen LogP contribution in [0.3, 0.4) is 0 Å². The molecule has 1 N–H and O–H groups in total. The molecule has 0 aromatic heterocycles. The summed E-state index contributed by atoms with van der Waals surface area (Å²) in [5.41, 5.74) is 4.30. The third-order valence-corrected chi connectivity index (χ3v) is 4.29. The van der Waals surface area contributed by atoms with Crippen LogP contribution in [0.2, 0.25) is 0 Å². The van der Waals surface area contributed by atoms with Gasteiger partial charge in [-0.2, -0.15) is 0 Å². The highest BCUT2D eigenvalue weighted by atomic mass is 14.9. The number of hydrogen-bond donors (Lipinski definition) is 1. The van der Waals surface area contributed by atoms with Gasteiger partial charge in [0.15, 0.2) is 0 Å². The highest BCUT2D eigenvalue weighted by Crippen LogP contribution is 2.31. The van der Waals surface area contributed by atoms with Gasteiger partial charge in [-0.15, -0.1) is 0 Å². The summed E-state index contributed by atoms with van der Waals surface area (Å²) in [6.45, 7) is 7.82. The maximum atomic E-state index is 3.76. The first-order chi connectivity index (χ1) is 9.17. The fourth-order valence-electron chi connectivity index (χ4n) is 3.19. The molecule has 0 radical (unpaired) electrons. The molecule has 2 rings (SSSR count). The molecule has 1 heteroatoms. The van der Waals surface area contributed by atoms with Crippen molar-refractivity contribution in [2.45, 2.75) is 65.3 Å². The zero-order valence-corrected chi connectivity index (χ0v) is 12.8. The number of rotatable bonds is 7. The normalized spacial score (nSPS) is 17.2. The second kappa shape index (κ2) is 7.09.